The molecule has 7 N–H and O–H groups in total. The number of allylic oxidation sites excluding steroid dienone is 4. The Morgan fingerprint density at radius 3 is 1.85 bits per heavy atom. The molecule has 0 radical (unpaired) electrons. The molecule has 1 saturated heterocycles. The number of carbonyl (C=O) groups excluding carboxylic acids is 2. The Hall–Kier alpha value is -1.82. The molecule has 0 saturated carbocycles. The molecule has 1 rings (SSSR count). The highest BCUT2D eigenvalue weighted by Crippen LogP contribution is 2.44. The van der Waals surface area contributed by atoms with E-state index >= 15 is 0 Å². The van der Waals surface area contributed by atoms with Crippen molar-refractivity contribution in [2.75, 3.05) is 26.4 Å². The monoisotopic (exact) mass is 971 g/mol. The Kier molecular flexibility index (Phi) is 35.8. The highest BCUT2D eigenvalue weighted by Gasteiger charge is 2.35. The van der Waals surface area contributed by atoms with Gasteiger partial charge in [-0.1, -0.05) is 134 Å². The fourth-order valence-corrected chi connectivity index (χ4v) is 8.19. The fraction of sp³-hybridized carbons (Fsp3) is 0.826. The number of aliphatic hydroxyl groups excluding tert-OH is 4. The Balaban J connectivity index is 2.57. The van der Waals surface area contributed by atoms with Gasteiger partial charge >= 0.3 is 27.6 Å². The molecular weight excluding hydrogens is 886 g/mol. The fourth-order valence-electron chi connectivity index (χ4n) is 7.03. The average Bonchev–Trinajstić information content (AvgIpc) is 3.25. The third-order valence-corrected chi connectivity index (χ3v) is 12.2. The van der Waals surface area contributed by atoms with Gasteiger partial charge in [0.1, 0.15) is 12.7 Å². The van der Waals surface area contributed by atoms with E-state index < -0.39 is 90.8 Å². The maximum atomic E-state index is 12.8. The van der Waals surface area contributed by atoms with E-state index in [0.29, 0.717) is 32.1 Å². The molecule has 380 valence electrons. The number of hydrogen-bond acceptors (Lipinski definition) is 14. The molecule has 1 aliphatic heterocycles. The lowest BCUT2D eigenvalue weighted by atomic mass is 9.87. The second kappa shape index (κ2) is 38.1. The van der Waals surface area contributed by atoms with Crippen LogP contribution >= 0.6 is 15.6 Å². The first kappa shape index (κ1) is 61.2. The van der Waals surface area contributed by atoms with Crippen molar-refractivity contribution in [2.45, 2.75) is 211 Å². The van der Waals surface area contributed by atoms with Gasteiger partial charge in [0.15, 0.2) is 12.4 Å². The predicted octanol–water partition coefficient (Wildman–Crippen LogP) is 8.56. The minimum absolute atomic E-state index is 0.0557. The van der Waals surface area contributed by atoms with Crippen molar-refractivity contribution in [3.63, 3.8) is 0 Å². The number of hydrogen-bond donors (Lipinski definition) is 7. The van der Waals surface area contributed by atoms with Crippen LogP contribution in [0.3, 0.4) is 0 Å². The molecule has 0 spiro atoms. The van der Waals surface area contributed by atoms with Gasteiger partial charge in [-0.3, -0.25) is 23.2 Å². The van der Waals surface area contributed by atoms with E-state index in [9.17, 15) is 44.0 Å². The third kappa shape index (κ3) is 35.9. The van der Waals surface area contributed by atoms with Crippen LogP contribution in [-0.2, 0) is 46.5 Å². The SMILES string of the molecule is CCCCCCCC/C=C\CCCCCCCCCC(=O)OC[C@H](COP(=O)(O)OC[C@@H](O)COP(=O)(O)O)OC(=O)CCC/C=C\C[C@H]1[C@@H](O)CC(O)O[C@@H]1/C=C/[C@@H](O)CCCCC. The van der Waals surface area contributed by atoms with Gasteiger partial charge in [-0.25, -0.2) is 9.13 Å². The molecule has 0 aromatic rings. The normalized spacial score (nSPS) is 20.6. The summed E-state index contributed by atoms with van der Waals surface area (Å²) in [5, 5.41) is 40.8. The number of aliphatic hydroxyl groups is 4. The third-order valence-electron chi connectivity index (χ3n) is 10.8. The van der Waals surface area contributed by atoms with E-state index in [1.165, 1.54) is 44.9 Å². The number of esters is 2. The lowest BCUT2D eigenvalue weighted by molar-refractivity contribution is -0.199. The summed E-state index contributed by atoms with van der Waals surface area (Å²) in [6, 6.07) is 0. The summed E-state index contributed by atoms with van der Waals surface area (Å²) >= 11 is 0. The van der Waals surface area contributed by atoms with Crippen molar-refractivity contribution >= 4 is 27.6 Å². The van der Waals surface area contributed by atoms with Gasteiger partial charge in [-0.2, -0.15) is 0 Å². The molecule has 1 fully saturated rings. The first-order chi connectivity index (χ1) is 31.0. The van der Waals surface area contributed by atoms with E-state index in [2.05, 4.69) is 35.0 Å². The van der Waals surface area contributed by atoms with Gasteiger partial charge < -0.3 is 49.3 Å². The van der Waals surface area contributed by atoms with E-state index in [1.807, 2.05) is 12.2 Å². The van der Waals surface area contributed by atoms with Crippen LogP contribution in [0.2, 0.25) is 0 Å². The zero-order valence-corrected chi connectivity index (χ0v) is 40.9. The minimum atomic E-state index is -4.90. The van der Waals surface area contributed by atoms with Crippen LogP contribution < -0.4 is 0 Å². The largest absolute Gasteiger partial charge is 0.472 e. The van der Waals surface area contributed by atoms with Crippen LogP contribution in [0.15, 0.2) is 36.5 Å². The summed E-state index contributed by atoms with van der Waals surface area (Å²) in [6.07, 6.45) is 27.4. The zero-order chi connectivity index (χ0) is 48.2. The summed E-state index contributed by atoms with van der Waals surface area (Å²) in [6.45, 7) is 1.35. The second-order valence-corrected chi connectivity index (χ2v) is 19.6. The molecule has 65 heavy (non-hydrogen) atoms. The lowest BCUT2D eigenvalue weighted by Gasteiger charge is -2.36. The first-order valence-corrected chi connectivity index (χ1v) is 27.1. The van der Waals surface area contributed by atoms with E-state index in [4.69, 9.17) is 28.5 Å². The summed E-state index contributed by atoms with van der Waals surface area (Å²) in [5.41, 5.74) is 0. The summed E-state index contributed by atoms with van der Waals surface area (Å²) in [5.74, 6) is -1.60. The zero-order valence-electron chi connectivity index (χ0n) is 39.1. The number of phosphoric acid groups is 2. The summed E-state index contributed by atoms with van der Waals surface area (Å²) in [4.78, 5) is 53.1. The highest BCUT2D eigenvalue weighted by atomic mass is 31.2. The van der Waals surface area contributed by atoms with Crippen molar-refractivity contribution in [3.8, 4) is 0 Å². The maximum Gasteiger partial charge on any atom is 0.472 e. The van der Waals surface area contributed by atoms with Crippen LogP contribution in [0.5, 0.6) is 0 Å². The predicted molar refractivity (Wildman–Crippen MR) is 247 cm³/mol. The highest BCUT2D eigenvalue weighted by molar-refractivity contribution is 7.47. The van der Waals surface area contributed by atoms with Gasteiger partial charge in [0.2, 0.25) is 0 Å². The van der Waals surface area contributed by atoms with Crippen LogP contribution in [0.4, 0.5) is 0 Å². The lowest BCUT2D eigenvalue weighted by Crippen LogP contribution is -2.43. The Labute approximate surface area is 388 Å². The molecule has 0 aromatic heterocycles. The van der Waals surface area contributed by atoms with E-state index in [-0.39, 0.29) is 25.2 Å². The maximum absolute atomic E-state index is 12.8. The summed E-state index contributed by atoms with van der Waals surface area (Å²) < 4.78 is 53.5. The second-order valence-electron chi connectivity index (χ2n) is 16.9. The van der Waals surface area contributed by atoms with Gasteiger partial charge in [-0.15, -0.1) is 0 Å². The van der Waals surface area contributed by atoms with Crippen molar-refractivity contribution in [1.29, 1.82) is 0 Å². The smallest absolute Gasteiger partial charge is 0.462 e. The van der Waals surface area contributed by atoms with Crippen LogP contribution in [0.1, 0.15) is 174 Å². The van der Waals surface area contributed by atoms with Crippen molar-refractivity contribution in [1.82, 2.24) is 0 Å². The van der Waals surface area contributed by atoms with Crippen LogP contribution in [-0.4, -0.2) is 110 Å². The topological polar surface area (TPSA) is 265 Å². The molecule has 0 bridgehead atoms. The Morgan fingerprint density at radius 1 is 0.662 bits per heavy atom. The molecular formula is C46H84O17P2. The molecule has 0 aliphatic carbocycles. The number of rotatable bonds is 41. The number of carbonyl (C=O) groups is 2. The van der Waals surface area contributed by atoms with E-state index in [1.54, 1.807) is 12.2 Å². The number of unbranched alkanes of at least 4 members (excludes halogenated alkanes) is 16. The number of phosphoric ester groups is 2. The van der Waals surface area contributed by atoms with Crippen LogP contribution in [0.25, 0.3) is 0 Å². The Bertz CT molecular complexity index is 1410. The molecule has 0 aromatic carbocycles. The van der Waals surface area contributed by atoms with Crippen molar-refractivity contribution in [3.05, 3.63) is 36.5 Å². The molecule has 19 heteroatoms. The van der Waals surface area contributed by atoms with Crippen molar-refractivity contribution < 1.29 is 81.6 Å². The van der Waals surface area contributed by atoms with Gasteiger partial charge in [0.05, 0.1) is 38.1 Å². The Morgan fingerprint density at radius 2 is 1.20 bits per heavy atom. The molecule has 2 unspecified atom stereocenters. The van der Waals surface area contributed by atoms with Gasteiger partial charge in [-0.05, 0) is 57.8 Å². The standard InChI is InChI=1S/C46H84O17P2/c1-3-5-7-8-9-10-11-12-13-14-15-16-17-18-19-20-25-29-44(50)58-36-40(37-61-65(56,57)60-35-39(48)34-59-64(53,54)55)62-45(51)30-26-22-21-24-28-41-42(49)33-46(52)63-43(41)32-31-38(47)27-23-6-4-2/h12-13,21,24,31-32,38-43,46-49,52H,3-11,14-20,22-23,25-30,33-37H2,1-2H3,(H,56,57)(H2,53,54,55)/b13-12-,24-21-,32-31+/t38-,39-,40+,41-,42-,43+,46?/m0/s1. The minimum Gasteiger partial charge on any atom is -0.462 e. The average molecular weight is 971 g/mol. The van der Waals surface area contributed by atoms with Crippen molar-refractivity contribution in [2.24, 2.45) is 5.92 Å². The van der Waals surface area contributed by atoms with E-state index in [0.717, 1.165) is 64.2 Å². The molecule has 17 nitrogen and oxygen atoms in total. The summed E-state index contributed by atoms with van der Waals surface area (Å²) in [7, 11) is -9.79. The van der Waals surface area contributed by atoms with Crippen LogP contribution in [0, 0.1) is 5.92 Å². The molecule has 8 atom stereocenters. The molecule has 0 amide bonds. The quantitative estimate of drug-likeness (QED) is 0.0131. The first-order valence-electron chi connectivity index (χ1n) is 24.1. The number of ether oxygens (including phenoxy) is 3. The molecule has 1 heterocycles. The van der Waals surface area contributed by atoms with Gasteiger partial charge in [0, 0.05) is 25.2 Å². The molecule has 1 aliphatic rings. The van der Waals surface area contributed by atoms with Gasteiger partial charge in [0.25, 0.3) is 0 Å².